The quantitative estimate of drug-likeness (QED) is 0.762. The number of halogens is 2. The number of benzene rings is 1. The molecule has 0 saturated heterocycles. The molecule has 0 aliphatic heterocycles. The zero-order valence-electron chi connectivity index (χ0n) is 10.9. The minimum atomic E-state index is 0.474. The van der Waals surface area contributed by atoms with Gasteiger partial charge in [0.15, 0.2) is 5.11 Å². The molecular weight excluding hydrogens is 299 g/mol. The molecule has 0 aromatic heterocycles. The zero-order valence-corrected chi connectivity index (χ0v) is 13.2. The summed E-state index contributed by atoms with van der Waals surface area (Å²) in [6.07, 6.45) is 4.89. The topological polar surface area (TPSA) is 24.1 Å². The summed E-state index contributed by atoms with van der Waals surface area (Å²) in [5.74, 6) is 0.838. The van der Waals surface area contributed by atoms with Crippen molar-refractivity contribution in [3.63, 3.8) is 0 Å². The van der Waals surface area contributed by atoms with Gasteiger partial charge in [-0.15, -0.1) is 0 Å². The van der Waals surface area contributed by atoms with Gasteiger partial charge in [0.25, 0.3) is 0 Å². The third kappa shape index (κ3) is 4.51. The molecule has 1 saturated carbocycles. The van der Waals surface area contributed by atoms with E-state index in [0.29, 0.717) is 21.2 Å². The largest absolute Gasteiger partial charge is 0.360 e. The van der Waals surface area contributed by atoms with Crippen molar-refractivity contribution in [2.45, 2.75) is 38.6 Å². The highest BCUT2D eigenvalue weighted by atomic mass is 35.5. The summed E-state index contributed by atoms with van der Waals surface area (Å²) in [6, 6.07) is 5.81. The van der Waals surface area contributed by atoms with Crippen molar-refractivity contribution < 1.29 is 0 Å². The van der Waals surface area contributed by atoms with Gasteiger partial charge in [-0.3, -0.25) is 0 Å². The van der Waals surface area contributed by atoms with Gasteiger partial charge in [0.2, 0.25) is 0 Å². The van der Waals surface area contributed by atoms with E-state index in [1.165, 1.54) is 25.7 Å². The molecule has 1 aliphatic rings. The molecule has 2 N–H and O–H groups in total. The van der Waals surface area contributed by atoms with Gasteiger partial charge in [-0.1, -0.05) is 30.1 Å². The van der Waals surface area contributed by atoms with Crippen LogP contribution in [-0.2, 0) is 0 Å². The summed E-state index contributed by atoms with van der Waals surface area (Å²) in [7, 11) is 0. The van der Waals surface area contributed by atoms with Gasteiger partial charge < -0.3 is 10.6 Å². The Morgan fingerprint density at radius 3 is 2.53 bits per heavy atom. The van der Waals surface area contributed by atoms with E-state index in [1.807, 2.05) is 6.07 Å². The van der Waals surface area contributed by atoms with Gasteiger partial charge in [-0.25, -0.2) is 0 Å². The predicted molar refractivity (Wildman–Crippen MR) is 87.2 cm³/mol. The van der Waals surface area contributed by atoms with E-state index < -0.39 is 0 Å². The lowest BCUT2D eigenvalue weighted by Crippen LogP contribution is -2.39. The number of hydrogen-bond donors (Lipinski definition) is 2. The van der Waals surface area contributed by atoms with Gasteiger partial charge in [-0.2, -0.15) is 0 Å². The first-order valence-corrected chi connectivity index (χ1v) is 7.73. The molecule has 1 aromatic carbocycles. The summed E-state index contributed by atoms with van der Waals surface area (Å²) in [5, 5.41) is 8.31. The van der Waals surface area contributed by atoms with Crippen molar-refractivity contribution in [1.29, 1.82) is 0 Å². The Morgan fingerprint density at radius 1 is 1.21 bits per heavy atom. The van der Waals surface area contributed by atoms with Crippen molar-refractivity contribution in [2.24, 2.45) is 5.92 Å². The highest BCUT2D eigenvalue weighted by Crippen LogP contribution is 2.26. The first kappa shape index (κ1) is 14.9. The molecule has 0 spiro atoms. The molecule has 0 atom stereocenters. The summed E-state index contributed by atoms with van der Waals surface area (Å²) in [6.45, 7) is 2.31. The SMILES string of the molecule is CC1CCC(NC(=S)Nc2ccc(Cl)cc2Cl)CC1. The normalized spacial score (nSPS) is 22.9. The second-order valence-electron chi connectivity index (χ2n) is 5.18. The molecule has 19 heavy (non-hydrogen) atoms. The Labute approximate surface area is 129 Å². The number of rotatable bonds is 2. The summed E-state index contributed by atoms with van der Waals surface area (Å²) >= 11 is 17.3. The molecule has 0 radical (unpaired) electrons. The lowest BCUT2D eigenvalue weighted by Gasteiger charge is -2.28. The van der Waals surface area contributed by atoms with Crippen molar-refractivity contribution in [3.8, 4) is 0 Å². The third-order valence-corrected chi connectivity index (χ3v) is 4.30. The number of thiocarbonyl (C=S) groups is 1. The predicted octanol–water partition coefficient (Wildman–Crippen LogP) is 4.86. The van der Waals surface area contributed by atoms with E-state index in [9.17, 15) is 0 Å². The van der Waals surface area contributed by atoms with Crippen LogP contribution in [0.5, 0.6) is 0 Å². The second-order valence-corrected chi connectivity index (χ2v) is 6.43. The molecule has 0 heterocycles. The molecule has 1 aliphatic carbocycles. The van der Waals surface area contributed by atoms with E-state index >= 15 is 0 Å². The van der Waals surface area contributed by atoms with Crippen LogP contribution in [0.25, 0.3) is 0 Å². The monoisotopic (exact) mass is 316 g/mol. The Balaban J connectivity index is 1.87. The maximum atomic E-state index is 6.10. The molecule has 0 unspecified atom stereocenters. The standard InChI is InChI=1S/C14H18Cl2N2S/c1-9-2-5-11(6-3-9)17-14(19)18-13-7-4-10(15)8-12(13)16/h4,7-9,11H,2-3,5-6H2,1H3,(H2,17,18,19). The van der Waals surface area contributed by atoms with E-state index in [4.69, 9.17) is 35.4 Å². The lowest BCUT2D eigenvalue weighted by atomic mass is 9.87. The van der Waals surface area contributed by atoms with Crippen LogP contribution < -0.4 is 10.6 Å². The highest BCUT2D eigenvalue weighted by molar-refractivity contribution is 7.80. The molecular formula is C14H18Cl2N2S. The third-order valence-electron chi connectivity index (χ3n) is 3.53. The molecule has 1 aromatic rings. The number of nitrogens with one attached hydrogen (secondary N) is 2. The number of hydrogen-bond acceptors (Lipinski definition) is 1. The van der Waals surface area contributed by atoms with E-state index in [-0.39, 0.29) is 0 Å². The minimum Gasteiger partial charge on any atom is -0.360 e. The smallest absolute Gasteiger partial charge is 0.171 e. The molecule has 104 valence electrons. The molecule has 5 heteroatoms. The van der Waals surface area contributed by atoms with E-state index in [2.05, 4.69) is 17.6 Å². The van der Waals surface area contributed by atoms with Gasteiger partial charge >= 0.3 is 0 Å². The zero-order chi connectivity index (χ0) is 13.8. The summed E-state index contributed by atoms with van der Waals surface area (Å²) in [5.41, 5.74) is 0.785. The number of anilines is 1. The van der Waals surface area contributed by atoms with E-state index in [1.54, 1.807) is 12.1 Å². The highest BCUT2D eigenvalue weighted by Gasteiger charge is 2.18. The molecule has 2 nitrogen and oxygen atoms in total. The van der Waals surface area contributed by atoms with Crippen molar-refractivity contribution in [3.05, 3.63) is 28.2 Å². The first-order chi connectivity index (χ1) is 9.04. The van der Waals surface area contributed by atoms with Gasteiger partial charge in [0, 0.05) is 11.1 Å². The first-order valence-electron chi connectivity index (χ1n) is 6.57. The van der Waals surface area contributed by atoms with Crippen LogP contribution in [0.3, 0.4) is 0 Å². The molecule has 0 amide bonds. The fourth-order valence-electron chi connectivity index (χ4n) is 2.34. The molecule has 2 rings (SSSR count). The van der Waals surface area contributed by atoms with Crippen LogP contribution >= 0.6 is 35.4 Å². The maximum Gasteiger partial charge on any atom is 0.171 e. The Kier molecular flexibility index (Phi) is 5.31. The van der Waals surface area contributed by atoms with Crippen LogP contribution in [0.1, 0.15) is 32.6 Å². The average molecular weight is 317 g/mol. The van der Waals surface area contributed by atoms with Crippen LogP contribution in [0, 0.1) is 5.92 Å². The lowest BCUT2D eigenvalue weighted by molar-refractivity contribution is 0.332. The summed E-state index contributed by atoms with van der Waals surface area (Å²) < 4.78 is 0. The fourth-order valence-corrected chi connectivity index (χ4v) is 3.07. The summed E-state index contributed by atoms with van der Waals surface area (Å²) in [4.78, 5) is 0. The van der Waals surface area contributed by atoms with Crippen LogP contribution in [0.2, 0.25) is 10.0 Å². The second kappa shape index (κ2) is 6.78. The van der Waals surface area contributed by atoms with Gasteiger partial charge in [0.05, 0.1) is 10.7 Å². The van der Waals surface area contributed by atoms with Gasteiger partial charge in [-0.05, 0) is 62.0 Å². The Bertz CT molecular complexity index is 457. The van der Waals surface area contributed by atoms with Crippen LogP contribution in [-0.4, -0.2) is 11.2 Å². The maximum absolute atomic E-state index is 6.10. The van der Waals surface area contributed by atoms with Crippen LogP contribution in [0.4, 0.5) is 5.69 Å². The van der Waals surface area contributed by atoms with Crippen molar-refractivity contribution in [1.82, 2.24) is 5.32 Å². The Hall–Kier alpha value is -0.510. The van der Waals surface area contributed by atoms with Crippen LogP contribution in [0.15, 0.2) is 18.2 Å². The minimum absolute atomic E-state index is 0.474. The fraction of sp³-hybridized carbons (Fsp3) is 0.500. The molecule has 0 bridgehead atoms. The molecule has 1 fully saturated rings. The Morgan fingerprint density at radius 2 is 1.89 bits per heavy atom. The van der Waals surface area contributed by atoms with Crippen molar-refractivity contribution in [2.75, 3.05) is 5.32 Å². The van der Waals surface area contributed by atoms with Crippen molar-refractivity contribution >= 4 is 46.2 Å². The van der Waals surface area contributed by atoms with Gasteiger partial charge in [0.1, 0.15) is 0 Å². The average Bonchev–Trinajstić information content (AvgIpc) is 2.36. The van der Waals surface area contributed by atoms with E-state index in [0.717, 1.165) is 11.6 Å².